The van der Waals surface area contributed by atoms with Crippen LogP contribution in [0.2, 0.25) is 10.0 Å². The molecular weight excluding hydrogens is 524 g/mol. The standard InChI is InChI=1S/C24H23Cl2NO6S.Na/c25-18-3-1-2-17(12-18)23(28)14-27-11-10-16-4-7-21(13-22(16)26)34(31,32)20-8-5-19(6-9-20)33-15-24(29)30;/h1-9,12-13,23,27-28H,10-11,14-15H2,(H,29,30);/q;+1/p-1/t23-;/m0./s1. The van der Waals surface area contributed by atoms with Crippen molar-refractivity contribution in [2.45, 2.75) is 22.3 Å². The van der Waals surface area contributed by atoms with E-state index in [9.17, 15) is 23.4 Å². The third-order valence-electron chi connectivity index (χ3n) is 4.97. The van der Waals surface area contributed by atoms with Crippen molar-refractivity contribution in [2.24, 2.45) is 0 Å². The van der Waals surface area contributed by atoms with E-state index in [0.717, 1.165) is 5.56 Å². The first-order chi connectivity index (χ1) is 16.2. The number of nitrogens with one attached hydrogen (secondary N) is 1. The number of aliphatic hydroxyl groups is 1. The van der Waals surface area contributed by atoms with Crippen molar-refractivity contribution in [3.05, 3.63) is 87.9 Å². The predicted octanol–water partition coefficient (Wildman–Crippen LogP) is -0.175. The first-order valence-corrected chi connectivity index (χ1v) is 12.5. The van der Waals surface area contributed by atoms with Gasteiger partial charge >= 0.3 is 29.6 Å². The van der Waals surface area contributed by atoms with Gasteiger partial charge in [0, 0.05) is 16.6 Å². The van der Waals surface area contributed by atoms with Gasteiger partial charge in [0.1, 0.15) is 12.4 Å². The Bertz CT molecular complexity index is 1260. The molecule has 3 aromatic carbocycles. The second-order valence-electron chi connectivity index (χ2n) is 7.41. The van der Waals surface area contributed by atoms with E-state index in [-0.39, 0.29) is 45.1 Å². The molecule has 7 nitrogen and oxygen atoms in total. The van der Waals surface area contributed by atoms with Crippen LogP contribution in [0.15, 0.2) is 76.5 Å². The smallest absolute Gasteiger partial charge is 0.546 e. The number of sulfone groups is 1. The zero-order valence-corrected chi connectivity index (χ0v) is 23.2. The minimum absolute atomic E-state index is 0. The molecule has 180 valence electrons. The molecule has 0 aliphatic heterocycles. The molecule has 0 bridgehead atoms. The molecule has 0 saturated heterocycles. The summed E-state index contributed by atoms with van der Waals surface area (Å²) < 4.78 is 30.8. The molecule has 1 atom stereocenters. The molecule has 11 heteroatoms. The largest absolute Gasteiger partial charge is 1.00 e. The number of aliphatic carboxylic acids is 1. The molecule has 0 fully saturated rings. The van der Waals surface area contributed by atoms with Crippen molar-refractivity contribution in [3.63, 3.8) is 0 Å². The average molecular weight is 546 g/mol. The van der Waals surface area contributed by atoms with Gasteiger partial charge in [-0.25, -0.2) is 8.42 Å². The van der Waals surface area contributed by atoms with E-state index in [1.807, 2.05) is 0 Å². The van der Waals surface area contributed by atoms with Gasteiger partial charge in [0.2, 0.25) is 9.84 Å². The maximum absolute atomic E-state index is 12.9. The predicted molar refractivity (Wildman–Crippen MR) is 127 cm³/mol. The van der Waals surface area contributed by atoms with Crippen LogP contribution in [0.1, 0.15) is 17.2 Å². The fraction of sp³-hybridized carbons (Fsp3) is 0.208. The van der Waals surface area contributed by atoms with Crippen molar-refractivity contribution in [3.8, 4) is 5.75 Å². The Labute approximate surface area is 236 Å². The van der Waals surface area contributed by atoms with Gasteiger partial charge in [-0.15, -0.1) is 0 Å². The van der Waals surface area contributed by atoms with Gasteiger partial charge in [-0.05, 0) is 72.6 Å². The van der Waals surface area contributed by atoms with Crippen molar-refractivity contribution in [2.75, 3.05) is 19.7 Å². The summed E-state index contributed by atoms with van der Waals surface area (Å²) in [6, 6.07) is 16.9. The number of rotatable bonds is 11. The van der Waals surface area contributed by atoms with Gasteiger partial charge in [-0.3, -0.25) is 0 Å². The number of carbonyl (C=O) groups excluding carboxylic acids is 1. The zero-order valence-electron chi connectivity index (χ0n) is 18.9. The molecule has 3 aromatic rings. The molecule has 0 aliphatic carbocycles. The fourth-order valence-corrected chi connectivity index (χ4v) is 5.01. The van der Waals surface area contributed by atoms with Crippen LogP contribution in [0, 0.1) is 0 Å². The number of aliphatic hydroxyl groups excluding tert-OH is 1. The summed E-state index contributed by atoms with van der Waals surface area (Å²) in [5.74, 6) is -1.16. The van der Waals surface area contributed by atoms with E-state index in [2.05, 4.69) is 5.32 Å². The summed E-state index contributed by atoms with van der Waals surface area (Å²) in [6.45, 7) is 0.224. The number of ether oxygens (including phenoxy) is 1. The Balaban J connectivity index is 0.00000432. The molecule has 0 radical (unpaired) electrons. The van der Waals surface area contributed by atoms with E-state index in [4.69, 9.17) is 27.9 Å². The van der Waals surface area contributed by atoms with Crippen LogP contribution in [0.4, 0.5) is 0 Å². The summed E-state index contributed by atoms with van der Waals surface area (Å²) in [7, 11) is -3.82. The molecule has 0 unspecified atom stereocenters. The number of halogens is 2. The Morgan fingerprint density at radius 2 is 1.71 bits per heavy atom. The molecule has 2 N–H and O–H groups in total. The van der Waals surface area contributed by atoms with Crippen molar-refractivity contribution in [1.29, 1.82) is 0 Å². The number of carbonyl (C=O) groups is 1. The Morgan fingerprint density at radius 3 is 2.34 bits per heavy atom. The van der Waals surface area contributed by atoms with E-state index >= 15 is 0 Å². The van der Waals surface area contributed by atoms with Crippen molar-refractivity contribution in [1.82, 2.24) is 5.32 Å². The minimum atomic E-state index is -3.82. The summed E-state index contributed by atoms with van der Waals surface area (Å²) in [4.78, 5) is 10.5. The molecule has 0 amide bonds. The second-order valence-corrected chi connectivity index (χ2v) is 10.2. The van der Waals surface area contributed by atoms with Crippen molar-refractivity contribution >= 4 is 39.0 Å². The average Bonchev–Trinajstić information content (AvgIpc) is 2.81. The fourth-order valence-electron chi connectivity index (χ4n) is 3.18. The number of benzene rings is 3. The molecule has 3 rings (SSSR count). The summed E-state index contributed by atoms with van der Waals surface area (Å²) in [5, 5.41) is 24.7. The summed E-state index contributed by atoms with van der Waals surface area (Å²) in [5.41, 5.74) is 1.47. The maximum atomic E-state index is 12.9. The van der Waals surface area contributed by atoms with Crippen LogP contribution < -0.4 is 44.7 Å². The third-order valence-corrected chi connectivity index (χ3v) is 7.32. The maximum Gasteiger partial charge on any atom is 1.00 e. The van der Waals surface area contributed by atoms with Gasteiger partial charge in [0.05, 0.1) is 21.9 Å². The first kappa shape index (κ1) is 29.6. The van der Waals surface area contributed by atoms with E-state index < -0.39 is 28.5 Å². The number of carboxylic acids is 1. The van der Waals surface area contributed by atoms with Crippen LogP contribution in [0.3, 0.4) is 0 Å². The number of hydrogen-bond donors (Lipinski definition) is 2. The van der Waals surface area contributed by atoms with Crippen LogP contribution in [0.25, 0.3) is 0 Å². The Morgan fingerprint density at radius 1 is 1.03 bits per heavy atom. The Kier molecular flexibility index (Phi) is 11.5. The second kappa shape index (κ2) is 13.6. The van der Waals surface area contributed by atoms with Crippen LogP contribution in [0.5, 0.6) is 5.75 Å². The molecule has 0 saturated carbocycles. The van der Waals surface area contributed by atoms with E-state index in [1.165, 1.54) is 36.4 Å². The SMILES string of the molecule is O=C([O-])COc1ccc(S(=O)(=O)c2ccc(CCNC[C@H](O)c3cccc(Cl)c3)c(Cl)c2)cc1.[Na+]. The number of carboxylic acid groups (broad SMARTS) is 1. The normalized spacial score (nSPS) is 12.0. The van der Waals surface area contributed by atoms with Gasteiger partial charge in [-0.2, -0.15) is 0 Å². The first-order valence-electron chi connectivity index (χ1n) is 10.3. The minimum Gasteiger partial charge on any atom is -0.546 e. The molecule has 0 spiro atoms. The number of hydrogen-bond acceptors (Lipinski definition) is 7. The summed E-state index contributed by atoms with van der Waals surface area (Å²) in [6.07, 6.45) is -0.175. The third kappa shape index (κ3) is 8.48. The van der Waals surface area contributed by atoms with Crippen LogP contribution in [-0.2, 0) is 21.1 Å². The van der Waals surface area contributed by atoms with Gasteiger partial charge < -0.3 is 25.1 Å². The molecule has 0 heterocycles. The molecule has 0 aliphatic rings. The van der Waals surface area contributed by atoms with Gasteiger partial charge in [0.15, 0.2) is 0 Å². The van der Waals surface area contributed by atoms with E-state index in [0.29, 0.717) is 35.1 Å². The monoisotopic (exact) mass is 545 g/mol. The van der Waals surface area contributed by atoms with Crippen LogP contribution >= 0.6 is 23.2 Å². The van der Waals surface area contributed by atoms with Gasteiger partial charge in [-0.1, -0.05) is 41.4 Å². The topological polar surface area (TPSA) is 116 Å². The Hall–Kier alpha value is -1.62. The zero-order chi connectivity index (χ0) is 24.7. The van der Waals surface area contributed by atoms with Gasteiger partial charge in [0.25, 0.3) is 0 Å². The van der Waals surface area contributed by atoms with Crippen LogP contribution in [-0.4, -0.2) is 39.2 Å². The molecule has 0 aromatic heterocycles. The molecular formula is C24H22Cl2NNaO6S. The summed E-state index contributed by atoms with van der Waals surface area (Å²) >= 11 is 12.3. The molecule has 35 heavy (non-hydrogen) atoms. The van der Waals surface area contributed by atoms with Crippen molar-refractivity contribution < 1.29 is 57.7 Å². The quantitative estimate of drug-likeness (QED) is 0.254. The van der Waals surface area contributed by atoms with E-state index in [1.54, 1.807) is 30.3 Å².